The summed E-state index contributed by atoms with van der Waals surface area (Å²) in [6.45, 7) is 6.82. The van der Waals surface area contributed by atoms with Gasteiger partial charge in [0, 0.05) is 43.1 Å². The lowest BCUT2D eigenvalue weighted by Crippen LogP contribution is -2.52. The number of nitrogens with one attached hydrogen (secondary N) is 1. The predicted octanol–water partition coefficient (Wildman–Crippen LogP) is 4.05. The van der Waals surface area contributed by atoms with Crippen molar-refractivity contribution in [3.8, 4) is 0 Å². The van der Waals surface area contributed by atoms with Crippen LogP contribution in [-0.2, 0) is 11.3 Å². The van der Waals surface area contributed by atoms with Gasteiger partial charge in [0.05, 0.1) is 6.04 Å². The van der Waals surface area contributed by atoms with Crippen LogP contribution in [0.3, 0.4) is 0 Å². The van der Waals surface area contributed by atoms with Gasteiger partial charge in [-0.25, -0.2) is 0 Å². The van der Waals surface area contributed by atoms with E-state index in [1.165, 1.54) is 15.6 Å². The molecule has 0 bridgehead atoms. The number of piperazine rings is 1. The molecule has 1 unspecified atom stereocenters. The van der Waals surface area contributed by atoms with Gasteiger partial charge in [-0.05, 0) is 41.5 Å². The van der Waals surface area contributed by atoms with E-state index in [0.29, 0.717) is 0 Å². The van der Waals surface area contributed by atoms with Crippen molar-refractivity contribution in [1.29, 1.82) is 0 Å². The van der Waals surface area contributed by atoms with Crippen molar-refractivity contribution >= 4 is 33.0 Å². The molecule has 1 saturated heterocycles. The number of fused-ring (bicyclic) bond motifs is 1. The minimum absolute atomic E-state index is 0.0680. The van der Waals surface area contributed by atoms with Crippen molar-refractivity contribution < 1.29 is 4.79 Å². The van der Waals surface area contributed by atoms with E-state index in [1.807, 2.05) is 48.6 Å². The molecule has 140 valence electrons. The number of hydrogen-bond donors (Lipinski definition) is 1. The van der Waals surface area contributed by atoms with Crippen LogP contribution in [0.15, 0.2) is 60.0 Å². The lowest BCUT2D eigenvalue weighted by atomic mass is 10.1. The Kier molecular flexibility index (Phi) is 5.53. The second-order valence-corrected chi connectivity index (χ2v) is 8.01. The molecular weight excluding hydrogens is 354 g/mol. The van der Waals surface area contributed by atoms with Crippen LogP contribution in [0, 0.1) is 0 Å². The van der Waals surface area contributed by atoms with Gasteiger partial charge >= 0.3 is 0 Å². The fourth-order valence-corrected chi connectivity index (χ4v) is 4.59. The van der Waals surface area contributed by atoms with Crippen molar-refractivity contribution in [1.82, 2.24) is 9.80 Å². The van der Waals surface area contributed by atoms with E-state index in [4.69, 9.17) is 0 Å². The van der Waals surface area contributed by atoms with Crippen LogP contribution in [0.25, 0.3) is 10.1 Å². The molecule has 1 N–H and O–H groups in total. The molecule has 4 nitrogen and oxygen atoms in total. The molecule has 1 atom stereocenters. The van der Waals surface area contributed by atoms with Gasteiger partial charge in [0.1, 0.15) is 0 Å². The molecule has 0 aliphatic carbocycles. The zero-order chi connectivity index (χ0) is 18.6. The van der Waals surface area contributed by atoms with Gasteiger partial charge in [-0.3, -0.25) is 14.6 Å². The molecule has 0 radical (unpaired) electrons. The third kappa shape index (κ3) is 4.21. The maximum absolute atomic E-state index is 12.5. The lowest BCUT2D eigenvalue weighted by molar-refractivity contribution is -0.121. The average Bonchev–Trinajstić information content (AvgIpc) is 3.12. The van der Waals surface area contributed by atoms with Gasteiger partial charge in [-0.15, -0.1) is 11.3 Å². The molecule has 4 rings (SSSR count). The number of thiophene rings is 1. The molecule has 1 fully saturated rings. The van der Waals surface area contributed by atoms with Gasteiger partial charge in [0.25, 0.3) is 0 Å². The summed E-state index contributed by atoms with van der Waals surface area (Å²) in [6, 6.07) is 18.2. The van der Waals surface area contributed by atoms with Gasteiger partial charge in [0.2, 0.25) is 5.91 Å². The lowest BCUT2D eigenvalue weighted by Gasteiger charge is -2.37. The number of benzene rings is 2. The summed E-state index contributed by atoms with van der Waals surface area (Å²) >= 11 is 1.82. The monoisotopic (exact) mass is 379 g/mol. The topological polar surface area (TPSA) is 35.6 Å². The smallest absolute Gasteiger partial charge is 0.241 e. The van der Waals surface area contributed by atoms with Crippen LogP contribution >= 0.6 is 11.3 Å². The van der Waals surface area contributed by atoms with Crippen molar-refractivity contribution in [3.05, 3.63) is 65.5 Å². The Morgan fingerprint density at radius 3 is 2.52 bits per heavy atom. The van der Waals surface area contributed by atoms with Gasteiger partial charge in [-0.2, -0.15) is 0 Å². The number of amides is 1. The summed E-state index contributed by atoms with van der Waals surface area (Å²) in [5, 5.41) is 6.67. The molecule has 0 saturated carbocycles. The average molecular weight is 380 g/mol. The van der Waals surface area contributed by atoms with E-state index >= 15 is 0 Å². The number of carbonyl (C=O) groups excluding carboxylic acids is 1. The van der Waals surface area contributed by atoms with Crippen molar-refractivity contribution in [2.24, 2.45) is 0 Å². The highest BCUT2D eigenvalue weighted by atomic mass is 32.1. The number of nitrogens with zero attached hydrogens (tertiary/aromatic N) is 2. The molecule has 2 heterocycles. The van der Waals surface area contributed by atoms with Gasteiger partial charge in [0.15, 0.2) is 0 Å². The van der Waals surface area contributed by atoms with Crippen LogP contribution in [-0.4, -0.2) is 47.9 Å². The zero-order valence-electron chi connectivity index (χ0n) is 15.6. The Labute approximate surface area is 164 Å². The summed E-state index contributed by atoms with van der Waals surface area (Å²) < 4.78 is 1.36. The maximum Gasteiger partial charge on any atom is 0.241 e. The standard InChI is InChI=1S/C22H25N3OS/c1-17(22(26)23-19-7-3-2-4-8-19)25-13-11-24(12-14-25)15-18-16-27-21-10-6-5-9-20(18)21/h2-10,16-17H,11-15H2,1H3,(H,23,26). The van der Waals surface area contributed by atoms with Crippen molar-refractivity contribution in [3.63, 3.8) is 0 Å². The predicted molar refractivity (Wildman–Crippen MR) is 113 cm³/mol. The Hall–Kier alpha value is -2.21. The fraction of sp³-hybridized carbons (Fsp3) is 0.318. The number of anilines is 1. The van der Waals surface area contributed by atoms with Gasteiger partial charge in [-0.1, -0.05) is 36.4 Å². The first-order valence-corrected chi connectivity index (χ1v) is 10.4. The number of rotatable bonds is 5. The summed E-state index contributed by atoms with van der Waals surface area (Å²) in [7, 11) is 0. The SMILES string of the molecule is CC(C(=O)Nc1ccccc1)N1CCN(Cc2csc3ccccc23)CC1. The minimum atomic E-state index is -0.116. The fourth-order valence-electron chi connectivity index (χ4n) is 3.64. The van der Waals surface area contributed by atoms with Crippen molar-refractivity contribution in [2.45, 2.75) is 19.5 Å². The van der Waals surface area contributed by atoms with Crippen molar-refractivity contribution in [2.75, 3.05) is 31.5 Å². The maximum atomic E-state index is 12.5. The van der Waals surface area contributed by atoms with Crippen LogP contribution in [0.4, 0.5) is 5.69 Å². The Morgan fingerprint density at radius 2 is 1.74 bits per heavy atom. The van der Waals surface area contributed by atoms with E-state index < -0.39 is 0 Å². The van der Waals surface area contributed by atoms with Gasteiger partial charge < -0.3 is 5.32 Å². The van der Waals surface area contributed by atoms with Crippen LogP contribution in [0.5, 0.6) is 0 Å². The first-order valence-electron chi connectivity index (χ1n) is 9.48. The van der Waals surface area contributed by atoms with Crippen LogP contribution in [0.1, 0.15) is 12.5 Å². The van der Waals surface area contributed by atoms with E-state index in [9.17, 15) is 4.79 Å². The number of hydrogen-bond acceptors (Lipinski definition) is 4. The summed E-state index contributed by atoms with van der Waals surface area (Å²) in [6.07, 6.45) is 0. The molecule has 27 heavy (non-hydrogen) atoms. The molecule has 2 aromatic carbocycles. The largest absolute Gasteiger partial charge is 0.325 e. The molecule has 1 aromatic heterocycles. The molecule has 5 heteroatoms. The molecule has 1 aliphatic rings. The highest BCUT2D eigenvalue weighted by Crippen LogP contribution is 2.27. The summed E-state index contributed by atoms with van der Waals surface area (Å²) in [5.74, 6) is 0.0680. The normalized spacial score (nSPS) is 17.1. The quantitative estimate of drug-likeness (QED) is 0.727. The number of para-hydroxylation sites is 1. The molecule has 1 aliphatic heterocycles. The Bertz CT molecular complexity index is 900. The summed E-state index contributed by atoms with van der Waals surface area (Å²) in [5.41, 5.74) is 2.27. The van der Waals surface area contributed by atoms with E-state index in [-0.39, 0.29) is 11.9 Å². The molecule has 0 spiro atoms. The first kappa shape index (κ1) is 18.2. The third-order valence-corrected chi connectivity index (χ3v) is 6.34. The van der Waals surface area contributed by atoms with E-state index in [1.54, 1.807) is 0 Å². The molecule has 3 aromatic rings. The van der Waals surface area contributed by atoms with E-state index in [2.05, 4.69) is 44.8 Å². The zero-order valence-corrected chi connectivity index (χ0v) is 16.4. The van der Waals surface area contributed by atoms with E-state index in [0.717, 1.165) is 38.4 Å². The highest BCUT2D eigenvalue weighted by molar-refractivity contribution is 7.17. The van der Waals surface area contributed by atoms with Crippen LogP contribution < -0.4 is 5.32 Å². The molecular formula is C22H25N3OS. The number of carbonyl (C=O) groups is 1. The van der Waals surface area contributed by atoms with Crippen LogP contribution in [0.2, 0.25) is 0 Å². The Balaban J connectivity index is 1.31. The second-order valence-electron chi connectivity index (χ2n) is 7.10. The third-order valence-electron chi connectivity index (χ3n) is 5.33. The Morgan fingerprint density at radius 1 is 1.04 bits per heavy atom. The molecule has 1 amide bonds. The first-order chi connectivity index (χ1) is 13.2. The summed E-state index contributed by atoms with van der Waals surface area (Å²) in [4.78, 5) is 17.3. The minimum Gasteiger partial charge on any atom is -0.325 e. The second kappa shape index (κ2) is 8.21. The highest BCUT2D eigenvalue weighted by Gasteiger charge is 2.25.